The summed E-state index contributed by atoms with van der Waals surface area (Å²) in [6.45, 7) is 0.560. The fraction of sp³-hybridized carbons (Fsp3) is 0.333. The van der Waals surface area contributed by atoms with Crippen LogP contribution >= 0.6 is 11.6 Å². The van der Waals surface area contributed by atoms with E-state index in [2.05, 4.69) is 5.32 Å². The fourth-order valence-electron chi connectivity index (χ4n) is 1.80. The number of nitrogens with one attached hydrogen (secondary N) is 1. The number of benzene rings is 1. The largest absolute Gasteiger partial charge is 0.478 e. The molecular formula is C12H12ClNO4. The van der Waals surface area contributed by atoms with E-state index in [1.165, 1.54) is 18.2 Å². The standard InChI is InChI=1S/C12H12ClNO4/c13-7-3-4-9(8(6-7)12(16)17)14-11(15)10-2-1-5-18-10/h3-4,6,10H,1-2,5H2,(H,14,15)(H,16,17)/t10-/m1/s1. The van der Waals surface area contributed by atoms with Gasteiger partial charge >= 0.3 is 5.97 Å². The van der Waals surface area contributed by atoms with Gasteiger partial charge in [0, 0.05) is 11.6 Å². The van der Waals surface area contributed by atoms with Gasteiger partial charge in [0.2, 0.25) is 0 Å². The highest BCUT2D eigenvalue weighted by Crippen LogP contribution is 2.22. The van der Waals surface area contributed by atoms with Crippen LogP contribution < -0.4 is 5.32 Å². The predicted molar refractivity (Wildman–Crippen MR) is 66.0 cm³/mol. The lowest BCUT2D eigenvalue weighted by Gasteiger charge is -2.12. The van der Waals surface area contributed by atoms with E-state index in [1.807, 2.05) is 0 Å². The van der Waals surface area contributed by atoms with Crippen LogP contribution in [0.25, 0.3) is 0 Å². The number of rotatable bonds is 3. The van der Waals surface area contributed by atoms with E-state index < -0.39 is 12.1 Å². The Kier molecular flexibility index (Phi) is 3.84. The Morgan fingerprint density at radius 2 is 2.22 bits per heavy atom. The number of hydrogen-bond acceptors (Lipinski definition) is 3. The van der Waals surface area contributed by atoms with Crippen molar-refractivity contribution in [2.45, 2.75) is 18.9 Å². The Balaban J connectivity index is 2.17. The second-order valence-corrected chi connectivity index (χ2v) is 4.42. The molecule has 1 aliphatic rings. The predicted octanol–water partition coefficient (Wildman–Crippen LogP) is 2.16. The van der Waals surface area contributed by atoms with Crippen LogP contribution in [-0.4, -0.2) is 29.7 Å². The zero-order valence-electron chi connectivity index (χ0n) is 9.48. The van der Waals surface area contributed by atoms with Crippen LogP contribution in [-0.2, 0) is 9.53 Å². The van der Waals surface area contributed by atoms with Gasteiger partial charge in [0.25, 0.3) is 5.91 Å². The van der Waals surface area contributed by atoms with Crippen LogP contribution in [0, 0.1) is 0 Å². The average Bonchev–Trinajstić information content (AvgIpc) is 2.84. The molecule has 1 aromatic carbocycles. The van der Waals surface area contributed by atoms with Crippen LogP contribution in [0.4, 0.5) is 5.69 Å². The number of halogens is 1. The smallest absolute Gasteiger partial charge is 0.337 e. The quantitative estimate of drug-likeness (QED) is 0.882. The molecule has 2 rings (SSSR count). The van der Waals surface area contributed by atoms with Gasteiger partial charge in [-0.15, -0.1) is 0 Å². The lowest BCUT2D eigenvalue weighted by molar-refractivity contribution is -0.124. The summed E-state index contributed by atoms with van der Waals surface area (Å²) in [4.78, 5) is 22.8. The van der Waals surface area contributed by atoms with Gasteiger partial charge in [0.05, 0.1) is 11.3 Å². The number of hydrogen-bond donors (Lipinski definition) is 2. The third-order valence-electron chi connectivity index (χ3n) is 2.69. The Hall–Kier alpha value is -1.59. The molecule has 0 radical (unpaired) electrons. The molecule has 18 heavy (non-hydrogen) atoms. The summed E-state index contributed by atoms with van der Waals surface area (Å²) in [5, 5.41) is 11.9. The topological polar surface area (TPSA) is 75.6 Å². The summed E-state index contributed by atoms with van der Waals surface area (Å²) in [5.41, 5.74) is 0.196. The summed E-state index contributed by atoms with van der Waals surface area (Å²) >= 11 is 5.72. The normalized spacial score (nSPS) is 18.6. The van der Waals surface area contributed by atoms with Crippen molar-refractivity contribution in [3.63, 3.8) is 0 Å². The maximum Gasteiger partial charge on any atom is 0.337 e. The molecule has 6 heteroatoms. The Morgan fingerprint density at radius 1 is 1.44 bits per heavy atom. The first-order valence-electron chi connectivity index (χ1n) is 5.53. The fourth-order valence-corrected chi connectivity index (χ4v) is 1.97. The number of anilines is 1. The Morgan fingerprint density at radius 3 is 2.83 bits per heavy atom. The van der Waals surface area contributed by atoms with Crippen molar-refractivity contribution in [1.82, 2.24) is 0 Å². The van der Waals surface area contributed by atoms with Crippen molar-refractivity contribution in [3.8, 4) is 0 Å². The third-order valence-corrected chi connectivity index (χ3v) is 2.93. The molecule has 0 aromatic heterocycles. The molecule has 1 atom stereocenters. The van der Waals surface area contributed by atoms with Crippen molar-refractivity contribution < 1.29 is 19.4 Å². The lowest BCUT2D eigenvalue weighted by Crippen LogP contribution is -2.27. The van der Waals surface area contributed by atoms with Crippen molar-refractivity contribution in [1.29, 1.82) is 0 Å². The molecule has 0 spiro atoms. The van der Waals surface area contributed by atoms with Crippen LogP contribution in [0.2, 0.25) is 5.02 Å². The van der Waals surface area contributed by atoms with E-state index in [4.69, 9.17) is 21.4 Å². The monoisotopic (exact) mass is 269 g/mol. The summed E-state index contributed by atoms with van der Waals surface area (Å²) < 4.78 is 5.23. The molecule has 2 N–H and O–H groups in total. The lowest BCUT2D eigenvalue weighted by atomic mass is 10.1. The molecule has 0 unspecified atom stereocenters. The average molecular weight is 270 g/mol. The highest BCUT2D eigenvalue weighted by Gasteiger charge is 2.24. The summed E-state index contributed by atoms with van der Waals surface area (Å²) in [6, 6.07) is 4.30. The number of aromatic carboxylic acids is 1. The van der Waals surface area contributed by atoms with Crippen molar-refractivity contribution in [3.05, 3.63) is 28.8 Å². The number of carbonyl (C=O) groups is 2. The number of amides is 1. The zero-order chi connectivity index (χ0) is 13.1. The maximum atomic E-state index is 11.8. The molecule has 5 nitrogen and oxygen atoms in total. The molecular weight excluding hydrogens is 258 g/mol. The third kappa shape index (κ3) is 2.80. The van der Waals surface area contributed by atoms with Crippen LogP contribution in [0.3, 0.4) is 0 Å². The SMILES string of the molecule is O=C(O)c1cc(Cl)ccc1NC(=O)[C@H]1CCCO1. The van der Waals surface area contributed by atoms with Crippen LogP contribution in [0.15, 0.2) is 18.2 Å². The number of carbonyl (C=O) groups excluding carboxylic acids is 1. The second-order valence-electron chi connectivity index (χ2n) is 3.99. The molecule has 0 bridgehead atoms. The molecule has 0 saturated carbocycles. The molecule has 96 valence electrons. The zero-order valence-corrected chi connectivity index (χ0v) is 10.2. The van der Waals surface area contributed by atoms with Gasteiger partial charge in [0.1, 0.15) is 6.10 Å². The highest BCUT2D eigenvalue weighted by molar-refractivity contribution is 6.31. The van der Waals surface area contributed by atoms with E-state index in [9.17, 15) is 9.59 Å². The van der Waals surface area contributed by atoms with Gasteiger partial charge in [-0.1, -0.05) is 11.6 Å². The van der Waals surface area contributed by atoms with Gasteiger partial charge in [-0.2, -0.15) is 0 Å². The highest BCUT2D eigenvalue weighted by atomic mass is 35.5. The van der Waals surface area contributed by atoms with E-state index in [-0.39, 0.29) is 17.2 Å². The first-order chi connectivity index (χ1) is 8.58. The number of ether oxygens (including phenoxy) is 1. The molecule has 1 aliphatic heterocycles. The van der Waals surface area contributed by atoms with Crippen LogP contribution in [0.1, 0.15) is 23.2 Å². The van der Waals surface area contributed by atoms with Crippen LogP contribution in [0.5, 0.6) is 0 Å². The molecule has 1 amide bonds. The first kappa shape index (κ1) is 12.9. The minimum Gasteiger partial charge on any atom is -0.478 e. The van der Waals surface area contributed by atoms with Gasteiger partial charge in [0.15, 0.2) is 0 Å². The van der Waals surface area contributed by atoms with Gasteiger partial charge in [-0.25, -0.2) is 4.79 Å². The van der Waals surface area contributed by atoms with Crippen molar-refractivity contribution >= 4 is 29.2 Å². The van der Waals surface area contributed by atoms with E-state index in [0.29, 0.717) is 18.1 Å². The molecule has 1 saturated heterocycles. The number of carboxylic acids is 1. The molecule has 1 heterocycles. The summed E-state index contributed by atoms with van der Waals surface area (Å²) in [5.74, 6) is -1.46. The number of carboxylic acid groups (broad SMARTS) is 1. The Labute approximate surface area is 109 Å². The maximum absolute atomic E-state index is 11.8. The van der Waals surface area contributed by atoms with E-state index >= 15 is 0 Å². The summed E-state index contributed by atoms with van der Waals surface area (Å²) in [6.07, 6.45) is 0.995. The minimum absolute atomic E-state index is 0.0335. The minimum atomic E-state index is -1.14. The summed E-state index contributed by atoms with van der Waals surface area (Å²) in [7, 11) is 0. The van der Waals surface area contributed by atoms with Gasteiger partial charge in [-0.3, -0.25) is 4.79 Å². The van der Waals surface area contributed by atoms with Gasteiger partial charge in [-0.05, 0) is 31.0 Å². The van der Waals surface area contributed by atoms with Crippen molar-refractivity contribution in [2.24, 2.45) is 0 Å². The molecule has 0 aliphatic carbocycles. The van der Waals surface area contributed by atoms with Crippen molar-refractivity contribution in [2.75, 3.05) is 11.9 Å². The first-order valence-corrected chi connectivity index (χ1v) is 5.91. The molecule has 1 fully saturated rings. The second kappa shape index (κ2) is 5.37. The van der Waals surface area contributed by atoms with Gasteiger partial charge < -0.3 is 15.2 Å². The molecule has 1 aromatic rings. The Bertz CT molecular complexity index is 483. The van der Waals surface area contributed by atoms with E-state index in [0.717, 1.165) is 6.42 Å². The van der Waals surface area contributed by atoms with E-state index in [1.54, 1.807) is 0 Å².